The Hall–Kier alpha value is -4.13. The predicted octanol–water partition coefficient (Wildman–Crippen LogP) is 4.74. The molecule has 1 fully saturated rings. The number of rotatable bonds is 8. The first-order valence-corrected chi connectivity index (χ1v) is 13.8. The molecule has 1 aliphatic heterocycles. The number of hydrogen-bond donors (Lipinski definition) is 2. The summed E-state index contributed by atoms with van der Waals surface area (Å²) in [6, 6.07) is 18.2. The lowest BCUT2D eigenvalue weighted by Gasteiger charge is -2.12. The van der Waals surface area contributed by atoms with Crippen LogP contribution in [0.15, 0.2) is 82.6 Å². The summed E-state index contributed by atoms with van der Waals surface area (Å²) in [6.07, 6.45) is 1.41. The fourth-order valence-electron chi connectivity index (χ4n) is 3.40. The molecule has 3 aromatic rings. The lowest BCUT2D eigenvalue weighted by Crippen LogP contribution is -2.36. The van der Waals surface area contributed by atoms with Gasteiger partial charge < -0.3 is 14.8 Å². The van der Waals surface area contributed by atoms with Crippen LogP contribution >= 0.6 is 23.4 Å². The molecule has 0 spiro atoms. The molecule has 1 saturated heterocycles. The lowest BCUT2D eigenvalue weighted by molar-refractivity contribution is -0.127. The highest BCUT2D eigenvalue weighted by Gasteiger charge is 2.36. The highest BCUT2D eigenvalue weighted by molar-refractivity contribution is 8.18. The van der Waals surface area contributed by atoms with Crippen LogP contribution in [0.2, 0.25) is 5.02 Å². The topological polar surface area (TPSA) is 139 Å². The molecule has 3 aromatic carbocycles. The number of carbonyl (C=O) groups is 4. The Morgan fingerprint density at radius 2 is 1.64 bits per heavy atom. The molecule has 4 amide bonds. The second-order valence-electron chi connectivity index (χ2n) is 8.11. The number of para-hydroxylation sites is 1. The Balaban J connectivity index is 1.43. The van der Waals surface area contributed by atoms with Crippen LogP contribution in [0.25, 0.3) is 6.08 Å². The molecule has 0 aliphatic carbocycles. The molecule has 13 heteroatoms. The Labute approximate surface area is 233 Å². The minimum Gasteiger partial charge on any atom is -0.377 e. The number of hydrogen-bond acceptors (Lipinski definition) is 8. The van der Waals surface area contributed by atoms with Crippen LogP contribution < -0.4 is 14.8 Å². The van der Waals surface area contributed by atoms with Crippen molar-refractivity contribution in [2.45, 2.75) is 11.8 Å². The van der Waals surface area contributed by atoms with E-state index in [9.17, 15) is 27.6 Å². The first kappa shape index (κ1) is 27.9. The number of carbonyl (C=O) groups excluding carboxylic acids is 4. The van der Waals surface area contributed by atoms with E-state index in [1.165, 1.54) is 55.5 Å². The van der Waals surface area contributed by atoms with Gasteiger partial charge in [0.15, 0.2) is 5.75 Å². The summed E-state index contributed by atoms with van der Waals surface area (Å²) >= 11 is 6.91. The highest BCUT2D eigenvalue weighted by atomic mass is 35.5. The van der Waals surface area contributed by atoms with Crippen molar-refractivity contribution in [2.75, 3.05) is 17.2 Å². The van der Waals surface area contributed by atoms with Crippen molar-refractivity contribution in [3.8, 4) is 5.75 Å². The number of thioether (sulfide) groups is 1. The minimum atomic E-state index is -4.23. The maximum atomic E-state index is 12.8. The summed E-state index contributed by atoms with van der Waals surface area (Å²) in [5.41, 5.74) is 1.36. The van der Waals surface area contributed by atoms with Gasteiger partial charge in [-0.1, -0.05) is 35.9 Å². The molecule has 4 rings (SSSR count). The van der Waals surface area contributed by atoms with Gasteiger partial charge in [0.25, 0.3) is 11.1 Å². The van der Waals surface area contributed by atoms with Gasteiger partial charge in [0.1, 0.15) is 11.4 Å². The summed E-state index contributed by atoms with van der Waals surface area (Å²) in [7, 11) is -4.23. The number of nitrogens with one attached hydrogen (secondary N) is 2. The fourth-order valence-corrected chi connectivity index (χ4v) is 5.46. The van der Waals surface area contributed by atoms with E-state index >= 15 is 0 Å². The number of halogens is 1. The van der Waals surface area contributed by atoms with Crippen LogP contribution in [-0.2, 0) is 24.5 Å². The molecule has 0 aromatic heterocycles. The standard InChI is InChI=1S/C26H20ClN3O7S2/c1-16(31)28-19-8-10-20(11-9-19)39(35,36)37-22-12-7-17(13-21(22)27)14-23-25(33)30(26(34)38-23)15-24(32)29-18-5-3-2-4-6-18/h2-14H,15H2,1H3,(H,28,31)(H,29,32)/b23-14-. The Kier molecular flexibility index (Phi) is 8.38. The number of anilines is 2. The van der Waals surface area contributed by atoms with Crippen molar-refractivity contribution >= 4 is 73.9 Å². The van der Waals surface area contributed by atoms with Gasteiger partial charge in [-0.3, -0.25) is 24.1 Å². The van der Waals surface area contributed by atoms with Crippen LogP contribution in [0.3, 0.4) is 0 Å². The monoisotopic (exact) mass is 585 g/mol. The summed E-state index contributed by atoms with van der Waals surface area (Å²) in [5, 5.41) is 4.50. The molecular weight excluding hydrogens is 566 g/mol. The normalized spacial score (nSPS) is 14.4. The molecular formula is C26H20ClN3O7S2. The largest absolute Gasteiger partial charge is 0.377 e. The van der Waals surface area contributed by atoms with Gasteiger partial charge in [-0.15, -0.1) is 0 Å². The molecule has 0 unspecified atom stereocenters. The van der Waals surface area contributed by atoms with E-state index in [0.717, 1.165) is 4.90 Å². The van der Waals surface area contributed by atoms with Crippen LogP contribution in [0.1, 0.15) is 12.5 Å². The maximum absolute atomic E-state index is 12.8. The van der Waals surface area contributed by atoms with Gasteiger partial charge >= 0.3 is 10.1 Å². The molecule has 1 aliphatic rings. The molecule has 1 heterocycles. The second kappa shape index (κ2) is 11.7. The summed E-state index contributed by atoms with van der Waals surface area (Å²) in [6.45, 7) is 0.879. The SMILES string of the molecule is CC(=O)Nc1ccc(S(=O)(=O)Oc2ccc(/C=C3\SC(=O)N(CC(=O)Nc4ccccc4)C3=O)cc2Cl)cc1. The first-order valence-electron chi connectivity index (χ1n) is 11.2. The smallest absolute Gasteiger partial charge is 0.339 e. The molecule has 0 bridgehead atoms. The third-order valence-electron chi connectivity index (χ3n) is 5.15. The van der Waals surface area contributed by atoms with E-state index in [1.54, 1.807) is 30.3 Å². The average molecular weight is 586 g/mol. The molecule has 0 radical (unpaired) electrons. The van der Waals surface area contributed by atoms with Crippen molar-refractivity contribution in [3.63, 3.8) is 0 Å². The zero-order valence-electron chi connectivity index (χ0n) is 20.2. The Morgan fingerprint density at radius 3 is 2.28 bits per heavy atom. The Morgan fingerprint density at radius 1 is 0.974 bits per heavy atom. The zero-order chi connectivity index (χ0) is 28.2. The van der Waals surface area contributed by atoms with Gasteiger partial charge in [0.2, 0.25) is 11.8 Å². The third-order valence-corrected chi connectivity index (χ3v) is 7.60. The molecule has 0 atom stereocenters. The number of amides is 4. The fraction of sp³-hybridized carbons (Fsp3) is 0.0769. The van der Waals surface area contributed by atoms with Crippen molar-refractivity contribution in [2.24, 2.45) is 0 Å². The van der Waals surface area contributed by atoms with Gasteiger partial charge in [-0.2, -0.15) is 8.42 Å². The number of nitrogens with zero attached hydrogens (tertiary/aromatic N) is 1. The second-order valence-corrected chi connectivity index (χ2v) is 11.1. The first-order chi connectivity index (χ1) is 18.5. The third kappa shape index (κ3) is 7.05. The number of benzene rings is 3. The predicted molar refractivity (Wildman–Crippen MR) is 148 cm³/mol. The van der Waals surface area contributed by atoms with Crippen LogP contribution in [0.5, 0.6) is 5.75 Å². The minimum absolute atomic E-state index is 0.0522. The summed E-state index contributed by atoms with van der Waals surface area (Å²) in [5.74, 6) is -1.62. The molecule has 10 nitrogen and oxygen atoms in total. The van der Waals surface area contributed by atoms with Gasteiger partial charge in [0.05, 0.1) is 9.93 Å². The molecule has 0 saturated carbocycles. The van der Waals surface area contributed by atoms with Crippen LogP contribution in [0, 0.1) is 0 Å². The highest BCUT2D eigenvalue weighted by Crippen LogP contribution is 2.34. The van der Waals surface area contributed by atoms with Crippen molar-refractivity contribution in [1.82, 2.24) is 4.90 Å². The van der Waals surface area contributed by atoms with E-state index in [0.29, 0.717) is 28.7 Å². The van der Waals surface area contributed by atoms with E-state index in [-0.39, 0.29) is 26.5 Å². The van der Waals surface area contributed by atoms with E-state index in [4.69, 9.17) is 15.8 Å². The van der Waals surface area contributed by atoms with E-state index < -0.39 is 33.7 Å². The summed E-state index contributed by atoms with van der Waals surface area (Å²) in [4.78, 5) is 49.3. The van der Waals surface area contributed by atoms with Gasteiger partial charge in [0, 0.05) is 18.3 Å². The van der Waals surface area contributed by atoms with Gasteiger partial charge in [-0.25, -0.2) is 0 Å². The van der Waals surface area contributed by atoms with E-state index in [2.05, 4.69) is 10.6 Å². The number of imide groups is 1. The zero-order valence-corrected chi connectivity index (χ0v) is 22.6. The van der Waals surface area contributed by atoms with Gasteiger partial charge in [-0.05, 0) is 71.9 Å². The van der Waals surface area contributed by atoms with Crippen molar-refractivity contribution in [3.05, 3.63) is 88.3 Å². The average Bonchev–Trinajstić information content (AvgIpc) is 3.13. The summed E-state index contributed by atoms with van der Waals surface area (Å²) < 4.78 is 30.5. The maximum Gasteiger partial charge on any atom is 0.339 e. The van der Waals surface area contributed by atoms with Crippen LogP contribution in [-0.4, -0.2) is 42.8 Å². The van der Waals surface area contributed by atoms with Crippen molar-refractivity contribution < 1.29 is 31.8 Å². The van der Waals surface area contributed by atoms with Crippen molar-refractivity contribution in [1.29, 1.82) is 0 Å². The molecule has 200 valence electrons. The molecule has 39 heavy (non-hydrogen) atoms. The van der Waals surface area contributed by atoms with E-state index in [1.807, 2.05) is 0 Å². The lowest BCUT2D eigenvalue weighted by atomic mass is 10.2. The van der Waals surface area contributed by atoms with Crippen LogP contribution in [0.4, 0.5) is 16.2 Å². The molecule has 2 N–H and O–H groups in total. The quantitative estimate of drug-likeness (QED) is 0.285. The Bertz CT molecular complexity index is 1590.